The van der Waals surface area contributed by atoms with Gasteiger partial charge in [-0.05, 0) is 38.7 Å². The van der Waals surface area contributed by atoms with Crippen LogP contribution in [0, 0.1) is 10.1 Å². The molecule has 0 unspecified atom stereocenters. The van der Waals surface area contributed by atoms with E-state index in [-0.39, 0.29) is 5.69 Å². The average molecular weight is 331 g/mol. The summed E-state index contributed by atoms with van der Waals surface area (Å²) in [6.45, 7) is 0. The molecule has 0 aliphatic heterocycles. The molecule has 122 valence electrons. The van der Waals surface area contributed by atoms with Crippen LogP contribution >= 0.6 is 0 Å². The minimum atomic E-state index is -1.11. The van der Waals surface area contributed by atoms with Crippen LogP contribution in [0.4, 0.5) is 5.69 Å². The Bertz CT molecular complexity index is 1210. The van der Waals surface area contributed by atoms with Crippen molar-refractivity contribution >= 4 is 38.0 Å². The van der Waals surface area contributed by atoms with Crippen LogP contribution in [0.2, 0.25) is 0 Å². The van der Waals surface area contributed by atoms with Crippen molar-refractivity contribution in [3.05, 3.63) is 75.8 Å². The maximum absolute atomic E-state index is 11.6. The zero-order valence-corrected chi connectivity index (χ0v) is 13.0. The van der Waals surface area contributed by atoms with Gasteiger partial charge in [-0.2, -0.15) is 0 Å². The Labute approximate surface area is 141 Å². The Morgan fingerprint density at radius 1 is 0.720 bits per heavy atom. The minimum Gasteiger partial charge on any atom is -0.385 e. The van der Waals surface area contributed by atoms with Crippen LogP contribution in [0.25, 0.3) is 32.3 Å². The quantitative estimate of drug-likeness (QED) is 0.312. The standard InChI is InChI=1S/C20H13NO4/c22-19-13-7-3-6-11-10-4-1-2-5-12(10)17-15(21(24)25)9-8-14(20(19)23)18(17)16(11)13/h1-9,19-20,22-23H/t19-,20-/m0/s1. The molecular formula is C20H13NO4. The van der Waals surface area contributed by atoms with E-state index in [1.165, 1.54) is 6.07 Å². The number of hydrogen-bond acceptors (Lipinski definition) is 4. The van der Waals surface area contributed by atoms with Crippen molar-refractivity contribution in [3.8, 4) is 0 Å². The molecule has 2 N–H and O–H groups in total. The normalized spacial score (nSPS) is 19.1. The zero-order valence-electron chi connectivity index (χ0n) is 13.0. The molecule has 4 aromatic rings. The van der Waals surface area contributed by atoms with E-state index in [2.05, 4.69) is 0 Å². The second kappa shape index (κ2) is 4.75. The molecule has 5 nitrogen and oxygen atoms in total. The van der Waals surface area contributed by atoms with E-state index in [4.69, 9.17) is 0 Å². The van der Waals surface area contributed by atoms with Crippen LogP contribution < -0.4 is 0 Å². The Morgan fingerprint density at radius 2 is 1.32 bits per heavy atom. The molecule has 25 heavy (non-hydrogen) atoms. The summed E-state index contributed by atoms with van der Waals surface area (Å²) in [7, 11) is 0. The largest absolute Gasteiger partial charge is 0.385 e. The first-order valence-electron chi connectivity index (χ1n) is 8.00. The number of nitro groups is 1. The first kappa shape index (κ1) is 14.3. The van der Waals surface area contributed by atoms with Gasteiger partial charge in [-0.25, -0.2) is 0 Å². The predicted molar refractivity (Wildman–Crippen MR) is 95.5 cm³/mol. The molecule has 0 radical (unpaired) electrons. The van der Waals surface area contributed by atoms with Crippen molar-refractivity contribution in [3.63, 3.8) is 0 Å². The smallest absolute Gasteiger partial charge is 0.277 e. The second-order valence-electron chi connectivity index (χ2n) is 6.39. The van der Waals surface area contributed by atoms with Crippen molar-refractivity contribution < 1.29 is 15.1 Å². The molecule has 5 rings (SSSR count). The van der Waals surface area contributed by atoms with Gasteiger partial charge in [0, 0.05) is 11.5 Å². The van der Waals surface area contributed by atoms with Crippen LogP contribution in [0.1, 0.15) is 23.3 Å². The van der Waals surface area contributed by atoms with E-state index in [0.29, 0.717) is 21.9 Å². The number of nitro benzene ring substituents is 1. The van der Waals surface area contributed by atoms with Gasteiger partial charge >= 0.3 is 0 Å². The molecule has 0 aromatic heterocycles. The summed E-state index contributed by atoms with van der Waals surface area (Å²) in [5, 5.41) is 37.3. The van der Waals surface area contributed by atoms with Gasteiger partial charge in [0.05, 0.1) is 10.3 Å². The number of hydrogen-bond donors (Lipinski definition) is 2. The van der Waals surface area contributed by atoms with E-state index >= 15 is 0 Å². The molecule has 0 saturated heterocycles. The highest BCUT2D eigenvalue weighted by Gasteiger charge is 2.33. The maximum Gasteiger partial charge on any atom is 0.277 e. The lowest BCUT2D eigenvalue weighted by molar-refractivity contribution is -0.383. The van der Waals surface area contributed by atoms with Gasteiger partial charge in [-0.1, -0.05) is 42.5 Å². The van der Waals surface area contributed by atoms with Crippen LogP contribution in [0.5, 0.6) is 0 Å². The van der Waals surface area contributed by atoms with Gasteiger partial charge in [0.25, 0.3) is 5.69 Å². The molecule has 1 aliphatic carbocycles. The summed E-state index contributed by atoms with van der Waals surface area (Å²) < 4.78 is 0. The number of non-ortho nitro benzene ring substituents is 1. The third kappa shape index (κ3) is 1.68. The first-order valence-corrected chi connectivity index (χ1v) is 8.00. The van der Waals surface area contributed by atoms with Gasteiger partial charge in [-0.3, -0.25) is 10.1 Å². The summed E-state index contributed by atoms with van der Waals surface area (Å²) in [6.07, 6.45) is -2.16. The van der Waals surface area contributed by atoms with E-state index < -0.39 is 17.1 Å². The lowest BCUT2D eigenvalue weighted by atomic mass is 9.80. The topological polar surface area (TPSA) is 83.6 Å². The Morgan fingerprint density at radius 3 is 2.04 bits per heavy atom. The van der Waals surface area contributed by atoms with Gasteiger partial charge in [0.15, 0.2) is 0 Å². The van der Waals surface area contributed by atoms with Crippen molar-refractivity contribution in [1.82, 2.24) is 0 Å². The number of fused-ring (bicyclic) bond motifs is 3. The molecule has 0 saturated carbocycles. The van der Waals surface area contributed by atoms with Crippen molar-refractivity contribution in [2.45, 2.75) is 12.2 Å². The molecule has 4 aromatic carbocycles. The third-order valence-corrected chi connectivity index (χ3v) is 5.18. The number of aliphatic hydroxyl groups excluding tert-OH is 2. The lowest BCUT2D eigenvalue weighted by Crippen LogP contribution is -2.15. The highest BCUT2D eigenvalue weighted by atomic mass is 16.6. The number of nitrogens with zero attached hydrogens (tertiary/aromatic N) is 1. The molecule has 0 spiro atoms. The molecule has 0 bridgehead atoms. The van der Waals surface area contributed by atoms with Crippen LogP contribution in [-0.2, 0) is 0 Å². The molecule has 0 heterocycles. The molecular weight excluding hydrogens is 318 g/mol. The Balaban J connectivity index is 2.22. The van der Waals surface area contributed by atoms with Gasteiger partial charge < -0.3 is 10.2 Å². The van der Waals surface area contributed by atoms with Crippen LogP contribution in [-0.4, -0.2) is 15.1 Å². The number of rotatable bonds is 1. The van der Waals surface area contributed by atoms with Crippen LogP contribution in [0.3, 0.4) is 0 Å². The summed E-state index contributed by atoms with van der Waals surface area (Å²) in [6, 6.07) is 16.1. The second-order valence-corrected chi connectivity index (χ2v) is 6.39. The van der Waals surface area contributed by atoms with E-state index in [1.807, 2.05) is 36.4 Å². The molecule has 5 heteroatoms. The predicted octanol–water partition coefficient (Wildman–Crippen LogP) is 4.13. The summed E-state index contributed by atoms with van der Waals surface area (Å²) in [5.41, 5.74) is 1.14. The summed E-state index contributed by atoms with van der Waals surface area (Å²) in [4.78, 5) is 11.3. The van der Waals surface area contributed by atoms with Gasteiger partial charge in [0.2, 0.25) is 0 Å². The average Bonchev–Trinajstić information content (AvgIpc) is 2.64. The van der Waals surface area contributed by atoms with Crippen molar-refractivity contribution in [2.75, 3.05) is 0 Å². The fraction of sp³-hybridized carbons (Fsp3) is 0.100. The first-order chi connectivity index (χ1) is 12.1. The molecule has 0 amide bonds. The van der Waals surface area contributed by atoms with Gasteiger partial charge in [0.1, 0.15) is 12.2 Å². The maximum atomic E-state index is 11.6. The van der Waals surface area contributed by atoms with E-state index in [0.717, 1.165) is 21.5 Å². The Hall–Kier alpha value is -3.02. The SMILES string of the molecule is O=[N+]([O-])c1ccc2c3c4c(cccc4c4ccccc4c13)[C@H](O)[C@H]2O. The molecule has 2 atom stereocenters. The van der Waals surface area contributed by atoms with Crippen molar-refractivity contribution in [1.29, 1.82) is 0 Å². The van der Waals surface area contributed by atoms with Gasteiger partial charge in [-0.15, -0.1) is 0 Å². The van der Waals surface area contributed by atoms with E-state index in [9.17, 15) is 20.3 Å². The summed E-state index contributed by atoms with van der Waals surface area (Å²) in [5.74, 6) is 0. The fourth-order valence-electron chi connectivity index (χ4n) is 4.14. The number of aliphatic hydroxyl groups is 2. The molecule has 0 fully saturated rings. The van der Waals surface area contributed by atoms with Crippen LogP contribution in [0.15, 0.2) is 54.6 Å². The highest BCUT2D eigenvalue weighted by Crippen LogP contribution is 2.49. The monoisotopic (exact) mass is 331 g/mol. The molecule has 1 aliphatic rings. The number of benzene rings is 4. The minimum absolute atomic E-state index is 0.00948. The van der Waals surface area contributed by atoms with Crippen molar-refractivity contribution in [2.24, 2.45) is 0 Å². The van der Waals surface area contributed by atoms with E-state index in [1.54, 1.807) is 12.1 Å². The fourth-order valence-corrected chi connectivity index (χ4v) is 4.14. The lowest BCUT2D eigenvalue weighted by Gasteiger charge is -2.28. The summed E-state index contributed by atoms with van der Waals surface area (Å²) >= 11 is 0. The Kier molecular flexibility index (Phi) is 2.72. The highest BCUT2D eigenvalue weighted by molar-refractivity contribution is 6.29. The third-order valence-electron chi connectivity index (χ3n) is 5.18. The zero-order chi connectivity index (χ0) is 17.3.